The molecule has 0 aromatic heterocycles. The average Bonchev–Trinajstić information content (AvgIpc) is 3.25. The van der Waals surface area contributed by atoms with E-state index < -0.39 is 0 Å². The van der Waals surface area contributed by atoms with E-state index in [1.165, 1.54) is 35.1 Å². The molecule has 1 nitrogen and oxygen atoms in total. The van der Waals surface area contributed by atoms with Crippen LogP contribution in [0.25, 0.3) is 11.1 Å². The number of nitrogens with one attached hydrogen (secondary N) is 1. The molecular weight excluding hydrogens is 301 g/mol. The van der Waals surface area contributed by atoms with Crippen LogP contribution in [0.3, 0.4) is 0 Å². The van der Waals surface area contributed by atoms with Gasteiger partial charge in [0.1, 0.15) is 0 Å². The highest BCUT2D eigenvalue weighted by Gasteiger charge is 2.21. The molecule has 0 aliphatic heterocycles. The Morgan fingerprint density at radius 3 is 2.48 bits per heavy atom. The van der Waals surface area contributed by atoms with E-state index in [4.69, 9.17) is 23.2 Å². The van der Waals surface area contributed by atoms with Crippen molar-refractivity contribution >= 4 is 23.2 Å². The molecule has 3 rings (SSSR count). The molecule has 1 aliphatic rings. The summed E-state index contributed by atoms with van der Waals surface area (Å²) >= 11 is 12.4. The highest BCUT2D eigenvalue weighted by atomic mass is 35.5. The zero-order chi connectivity index (χ0) is 15.0. The van der Waals surface area contributed by atoms with E-state index in [9.17, 15) is 0 Å². The van der Waals surface area contributed by atoms with Crippen molar-refractivity contribution in [1.29, 1.82) is 0 Å². The maximum atomic E-state index is 6.22. The maximum Gasteiger partial charge on any atom is 0.0438 e. The Bertz CT molecular complexity index is 675. The number of hydrogen-bond acceptors (Lipinski definition) is 1. The van der Waals surface area contributed by atoms with E-state index >= 15 is 0 Å². The zero-order valence-corrected chi connectivity index (χ0v) is 13.9. The molecule has 0 spiro atoms. The summed E-state index contributed by atoms with van der Waals surface area (Å²) < 4.78 is 0. The van der Waals surface area contributed by atoms with E-state index in [-0.39, 0.29) is 0 Å². The number of halogens is 2. The number of rotatable bonds is 4. The molecule has 1 saturated carbocycles. The monoisotopic (exact) mass is 319 g/mol. The van der Waals surface area contributed by atoms with Gasteiger partial charge in [-0.05, 0) is 78.8 Å². The highest BCUT2D eigenvalue weighted by Crippen LogP contribution is 2.33. The van der Waals surface area contributed by atoms with E-state index in [0.29, 0.717) is 6.04 Å². The van der Waals surface area contributed by atoms with Gasteiger partial charge in [-0.3, -0.25) is 0 Å². The minimum absolute atomic E-state index is 0.696. The third-order valence-corrected chi connectivity index (χ3v) is 4.67. The van der Waals surface area contributed by atoms with Crippen molar-refractivity contribution in [2.45, 2.75) is 39.3 Å². The smallest absolute Gasteiger partial charge is 0.0438 e. The first-order chi connectivity index (χ1) is 10.0. The first-order valence-electron chi connectivity index (χ1n) is 7.33. The largest absolute Gasteiger partial charge is 0.310 e. The van der Waals surface area contributed by atoms with Gasteiger partial charge < -0.3 is 5.32 Å². The Hall–Kier alpha value is -1.02. The van der Waals surface area contributed by atoms with Crippen molar-refractivity contribution in [1.82, 2.24) is 5.32 Å². The van der Waals surface area contributed by atoms with Crippen LogP contribution in [-0.4, -0.2) is 6.04 Å². The molecule has 1 N–H and O–H groups in total. The van der Waals surface area contributed by atoms with Crippen LogP contribution in [0.4, 0.5) is 0 Å². The SMILES string of the molecule is Cc1cc(-c2cc(Cl)ccc2CNC2CC2)c(C)cc1Cl. The van der Waals surface area contributed by atoms with Gasteiger partial charge >= 0.3 is 0 Å². The molecular formula is C18H19Cl2N. The lowest BCUT2D eigenvalue weighted by molar-refractivity contribution is 0.689. The first-order valence-corrected chi connectivity index (χ1v) is 8.09. The molecule has 2 aromatic rings. The summed E-state index contributed by atoms with van der Waals surface area (Å²) in [4.78, 5) is 0. The number of benzene rings is 2. The number of hydrogen-bond donors (Lipinski definition) is 1. The topological polar surface area (TPSA) is 12.0 Å². The number of aryl methyl sites for hydroxylation is 2. The minimum atomic E-state index is 0.696. The molecule has 0 heterocycles. The lowest BCUT2D eigenvalue weighted by Gasteiger charge is -2.15. The van der Waals surface area contributed by atoms with Crippen LogP contribution < -0.4 is 5.32 Å². The van der Waals surface area contributed by atoms with Crippen molar-refractivity contribution in [3.63, 3.8) is 0 Å². The van der Waals surface area contributed by atoms with Crippen LogP contribution in [0, 0.1) is 13.8 Å². The summed E-state index contributed by atoms with van der Waals surface area (Å²) in [5.41, 5.74) is 5.98. The fourth-order valence-electron chi connectivity index (χ4n) is 2.57. The van der Waals surface area contributed by atoms with Gasteiger partial charge in [-0.25, -0.2) is 0 Å². The van der Waals surface area contributed by atoms with Crippen LogP contribution in [0.2, 0.25) is 10.0 Å². The maximum absolute atomic E-state index is 6.22. The van der Waals surface area contributed by atoms with Gasteiger partial charge in [0.05, 0.1) is 0 Å². The minimum Gasteiger partial charge on any atom is -0.310 e. The summed E-state index contributed by atoms with van der Waals surface area (Å²) in [5, 5.41) is 5.17. The molecule has 0 amide bonds. The predicted molar refractivity (Wildman–Crippen MR) is 91.2 cm³/mol. The average molecular weight is 320 g/mol. The van der Waals surface area contributed by atoms with Crippen molar-refractivity contribution in [3.8, 4) is 11.1 Å². The zero-order valence-electron chi connectivity index (χ0n) is 12.3. The Morgan fingerprint density at radius 2 is 1.76 bits per heavy atom. The molecule has 0 radical (unpaired) electrons. The van der Waals surface area contributed by atoms with E-state index in [1.807, 2.05) is 19.1 Å². The van der Waals surface area contributed by atoms with Crippen molar-refractivity contribution < 1.29 is 0 Å². The van der Waals surface area contributed by atoms with E-state index in [2.05, 4.69) is 30.4 Å². The summed E-state index contributed by atoms with van der Waals surface area (Å²) in [5.74, 6) is 0. The molecule has 0 atom stereocenters. The van der Waals surface area contributed by atoms with E-state index in [1.54, 1.807) is 0 Å². The molecule has 0 unspecified atom stereocenters. The second-order valence-corrected chi connectivity index (χ2v) is 6.72. The third-order valence-electron chi connectivity index (χ3n) is 4.03. The van der Waals surface area contributed by atoms with Gasteiger partial charge in [-0.2, -0.15) is 0 Å². The Labute approximate surface area is 136 Å². The van der Waals surface area contributed by atoms with Gasteiger partial charge in [0, 0.05) is 22.6 Å². The molecule has 1 aliphatic carbocycles. The normalized spacial score (nSPS) is 14.5. The predicted octanol–water partition coefficient (Wildman–Crippen LogP) is 5.53. The molecule has 2 aromatic carbocycles. The molecule has 1 fully saturated rings. The molecule has 110 valence electrons. The summed E-state index contributed by atoms with van der Waals surface area (Å²) in [7, 11) is 0. The van der Waals surface area contributed by atoms with Crippen molar-refractivity contribution in [3.05, 3.63) is 57.1 Å². The quantitative estimate of drug-likeness (QED) is 0.781. The highest BCUT2D eigenvalue weighted by molar-refractivity contribution is 6.31. The van der Waals surface area contributed by atoms with Crippen molar-refractivity contribution in [2.24, 2.45) is 0 Å². The van der Waals surface area contributed by atoms with Gasteiger partial charge in [0.25, 0.3) is 0 Å². The van der Waals surface area contributed by atoms with Crippen LogP contribution in [0.15, 0.2) is 30.3 Å². The van der Waals surface area contributed by atoms with Gasteiger partial charge in [0.2, 0.25) is 0 Å². The molecule has 0 bridgehead atoms. The standard InChI is InChI=1S/C18H19Cl2N/c1-11-8-18(20)12(2)7-16(11)17-9-14(19)4-3-13(17)10-21-15-5-6-15/h3-4,7-9,15,21H,5-6,10H2,1-2H3. The Morgan fingerprint density at radius 1 is 1.00 bits per heavy atom. The molecule has 3 heteroatoms. The van der Waals surface area contributed by atoms with Crippen LogP contribution >= 0.6 is 23.2 Å². The van der Waals surface area contributed by atoms with Gasteiger partial charge in [-0.15, -0.1) is 0 Å². The molecule has 21 heavy (non-hydrogen) atoms. The van der Waals surface area contributed by atoms with Crippen molar-refractivity contribution in [2.75, 3.05) is 0 Å². The van der Waals surface area contributed by atoms with Crippen LogP contribution in [0.5, 0.6) is 0 Å². The van der Waals surface area contributed by atoms with E-state index in [0.717, 1.165) is 22.2 Å². The fourth-order valence-corrected chi connectivity index (χ4v) is 2.96. The Kier molecular flexibility index (Phi) is 4.26. The summed E-state index contributed by atoms with van der Waals surface area (Å²) in [6, 6.07) is 11.0. The Balaban J connectivity index is 2.02. The third kappa shape index (κ3) is 3.42. The molecule has 0 saturated heterocycles. The van der Waals surface area contributed by atoms with Gasteiger partial charge in [0.15, 0.2) is 0 Å². The second kappa shape index (κ2) is 6.00. The van der Waals surface area contributed by atoms with Crippen LogP contribution in [0.1, 0.15) is 29.5 Å². The second-order valence-electron chi connectivity index (χ2n) is 5.87. The first kappa shape index (κ1) is 14.9. The van der Waals surface area contributed by atoms with Crippen LogP contribution in [-0.2, 0) is 6.54 Å². The lowest BCUT2D eigenvalue weighted by Crippen LogP contribution is -2.16. The lowest BCUT2D eigenvalue weighted by atomic mass is 9.94. The summed E-state index contributed by atoms with van der Waals surface area (Å²) in [6.45, 7) is 5.02. The fraction of sp³-hybridized carbons (Fsp3) is 0.333. The summed E-state index contributed by atoms with van der Waals surface area (Å²) in [6.07, 6.45) is 2.59. The van der Waals surface area contributed by atoms with Gasteiger partial charge in [-0.1, -0.05) is 29.3 Å².